The number of nitrogens with one attached hydrogen (secondary N) is 2. The summed E-state index contributed by atoms with van der Waals surface area (Å²) in [5.41, 5.74) is 5.16. The molecule has 0 unspecified atom stereocenters. The van der Waals surface area contributed by atoms with Crippen LogP contribution in [0.2, 0.25) is 0 Å². The first-order valence-electron chi connectivity index (χ1n) is 7.51. The molecule has 4 heterocycles. The highest BCUT2D eigenvalue weighted by Gasteiger charge is 2.15. The van der Waals surface area contributed by atoms with Crippen LogP contribution in [0.4, 0.5) is 10.2 Å². The Labute approximate surface area is 137 Å². The second-order valence-corrected chi connectivity index (χ2v) is 5.34. The average Bonchev–Trinajstić information content (AvgIpc) is 2.84. The highest BCUT2D eigenvalue weighted by atomic mass is 19.1. The van der Waals surface area contributed by atoms with E-state index in [-0.39, 0.29) is 5.82 Å². The zero-order chi connectivity index (χ0) is 16.5. The van der Waals surface area contributed by atoms with Gasteiger partial charge in [-0.25, -0.2) is 14.1 Å². The molecular formula is C18H15FN4O. The van der Waals surface area contributed by atoms with Crippen molar-refractivity contribution < 1.29 is 8.91 Å². The maximum Gasteiger partial charge on any atom is 0.182 e. The van der Waals surface area contributed by atoms with Gasteiger partial charge in [0.15, 0.2) is 5.58 Å². The number of benzene rings is 2. The van der Waals surface area contributed by atoms with E-state index in [1.54, 1.807) is 18.3 Å². The van der Waals surface area contributed by atoms with Gasteiger partial charge in [-0.2, -0.15) is 5.27 Å². The average molecular weight is 322 g/mol. The monoisotopic (exact) mass is 322 g/mol. The molecule has 2 N–H and O–H groups in total. The van der Waals surface area contributed by atoms with Crippen molar-refractivity contribution in [1.82, 2.24) is 14.9 Å². The Hall–Kier alpha value is -3.28. The van der Waals surface area contributed by atoms with E-state index in [0.29, 0.717) is 0 Å². The zero-order valence-corrected chi connectivity index (χ0v) is 13.0. The summed E-state index contributed by atoms with van der Waals surface area (Å²) in [6.45, 7) is 0. The van der Waals surface area contributed by atoms with Crippen molar-refractivity contribution in [2.75, 3.05) is 12.4 Å². The van der Waals surface area contributed by atoms with Gasteiger partial charge in [0.25, 0.3) is 0 Å². The fraction of sp³-hybridized carbons (Fsp3) is 0.0556. The fourth-order valence-corrected chi connectivity index (χ4v) is 2.64. The molecule has 0 atom stereocenters. The third-order valence-electron chi connectivity index (χ3n) is 3.89. The van der Waals surface area contributed by atoms with Crippen molar-refractivity contribution >= 4 is 16.9 Å². The molecule has 6 heteroatoms. The molecule has 1 aromatic heterocycles. The van der Waals surface area contributed by atoms with Gasteiger partial charge in [0.1, 0.15) is 17.3 Å². The molecule has 0 spiro atoms. The Morgan fingerprint density at radius 1 is 1.12 bits per heavy atom. The molecule has 0 aliphatic carbocycles. The van der Waals surface area contributed by atoms with Gasteiger partial charge in [0.2, 0.25) is 0 Å². The lowest BCUT2D eigenvalue weighted by molar-refractivity contribution is 0.409. The zero-order valence-electron chi connectivity index (χ0n) is 13.0. The third kappa shape index (κ3) is 2.38. The van der Waals surface area contributed by atoms with E-state index in [0.717, 1.165) is 28.2 Å². The van der Waals surface area contributed by atoms with Crippen molar-refractivity contribution in [2.45, 2.75) is 0 Å². The molecule has 2 aromatic carbocycles. The van der Waals surface area contributed by atoms with Crippen molar-refractivity contribution in [3.63, 3.8) is 0 Å². The molecule has 0 saturated carbocycles. The summed E-state index contributed by atoms with van der Waals surface area (Å²) >= 11 is 0. The highest BCUT2D eigenvalue weighted by molar-refractivity contribution is 5.78. The number of pyridine rings is 2. The Balaban J connectivity index is 0.000000136. The second-order valence-electron chi connectivity index (χ2n) is 5.34. The summed E-state index contributed by atoms with van der Waals surface area (Å²) in [5, 5.41) is 5.75. The van der Waals surface area contributed by atoms with Gasteiger partial charge in [0, 0.05) is 18.8 Å². The van der Waals surface area contributed by atoms with E-state index >= 15 is 0 Å². The normalized spacial score (nSPS) is 10.9. The van der Waals surface area contributed by atoms with Gasteiger partial charge >= 0.3 is 0 Å². The summed E-state index contributed by atoms with van der Waals surface area (Å²) < 4.78 is 19.7. The molecule has 120 valence electrons. The van der Waals surface area contributed by atoms with Crippen LogP contribution in [0.5, 0.6) is 0 Å². The van der Waals surface area contributed by atoms with Crippen molar-refractivity contribution in [1.29, 1.82) is 0 Å². The largest absolute Gasteiger partial charge is 0.373 e. The number of hydrogen-bond donors (Lipinski definition) is 2. The predicted octanol–water partition coefficient (Wildman–Crippen LogP) is 4.36. The van der Waals surface area contributed by atoms with Gasteiger partial charge in [-0.15, -0.1) is 0 Å². The van der Waals surface area contributed by atoms with E-state index in [1.165, 1.54) is 17.6 Å². The lowest BCUT2D eigenvalue weighted by Gasteiger charge is -2.08. The Kier molecular flexibility index (Phi) is 3.42. The minimum absolute atomic E-state index is 0.228. The van der Waals surface area contributed by atoms with Crippen LogP contribution >= 0.6 is 0 Å². The van der Waals surface area contributed by atoms with E-state index in [9.17, 15) is 4.39 Å². The van der Waals surface area contributed by atoms with Crippen molar-refractivity contribution in [3.05, 3.63) is 66.6 Å². The van der Waals surface area contributed by atoms with Crippen LogP contribution in [0.3, 0.4) is 0 Å². The number of rotatable bonds is 2. The molecule has 4 bridgehead atoms. The summed E-state index contributed by atoms with van der Waals surface area (Å²) in [5.74, 6) is 0.567. The van der Waals surface area contributed by atoms with E-state index in [1.807, 2.05) is 36.0 Å². The number of H-pyrrole nitrogens is 1. The quantitative estimate of drug-likeness (QED) is 0.508. The number of fused-ring (bicyclic) bond motifs is 1. The van der Waals surface area contributed by atoms with Crippen LogP contribution in [-0.4, -0.2) is 22.0 Å². The maximum atomic E-state index is 12.8. The minimum atomic E-state index is -0.228. The molecule has 3 aliphatic rings. The van der Waals surface area contributed by atoms with E-state index in [2.05, 4.69) is 21.6 Å². The van der Waals surface area contributed by atoms with Crippen molar-refractivity contribution in [3.8, 4) is 16.8 Å². The number of hydrogen-bond acceptors (Lipinski definition) is 3. The predicted molar refractivity (Wildman–Crippen MR) is 91.4 cm³/mol. The van der Waals surface area contributed by atoms with Crippen LogP contribution in [0.1, 0.15) is 0 Å². The van der Waals surface area contributed by atoms with Crippen LogP contribution in [0.25, 0.3) is 27.9 Å². The summed E-state index contributed by atoms with van der Waals surface area (Å²) in [6, 6.07) is 16.2. The summed E-state index contributed by atoms with van der Waals surface area (Å²) in [6.07, 6.45) is 1.72. The van der Waals surface area contributed by atoms with Gasteiger partial charge < -0.3 is 9.84 Å². The molecule has 0 fully saturated rings. The number of anilines is 1. The number of aromatic amines is 1. The van der Waals surface area contributed by atoms with Gasteiger partial charge in [-0.1, -0.05) is 12.1 Å². The molecule has 0 amide bonds. The van der Waals surface area contributed by atoms with Crippen molar-refractivity contribution in [2.24, 2.45) is 0 Å². The number of nitrogens with zero attached hydrogens (tertiary/aromatic N) is 2. The van der Waals surface area contributed by atoms with E-state index in [4.69, 9.17) is 4.52 Å². The smallest absolute Gasteiger partial charge is 0.182 e. The lowest BCUT2D eigenvalue weighted by atomic mass is 10.1. The first kappa shape index (κ1) is 14.3. The summed E-state index contributed by atoms with van der Waals surface area (Å²) in [7, 11) is 1.81. The van der Waals surface area contributed by atoms with Crippen LogP contribution in [0, 0.1) is 5.82 Å². The number of halogens is 1. The SMILES string of the molecule is CNc1ncccc1-c1ccc(F)cc1.c1cc2cc3c1o[nH]n2-3. The van der Waals surface area contributed by atoms with Crippen LogP contribution < -0.4 is 5.32 Å². The molecule has 0 saturated heterocycles. The minimum Gasteiger partial charge on any atom is -0.373 e. The first-order valence-corrected chi connectivity index (χ1v) is 7.51. The van der Waals surface area contributed by atoms with Crippen LogP contribution in [0.15, 0.2) is 65.3 Å². The lowest BCUT2D eigenvalue weighted by Crippen LogP contribution is -2.02. The molecule has 3 aromatic rings. The molecule has 24 heavy (non-hydrogen) atoms. The highest BCUT2D eigenvalue weighted by Crippen LogP contribution is 2.28. The first-order chi connectivity index (χ1) is 11.8. The van der Waals surface area contributed by atoms with Crippen LogP contribution in [-0.2, 0) is 0 Å². The molecule has 3 aliphatic heterocycles. The molecule has 5 nitrogen and oxygen atoms in total. The third-order valence-corrected chi connectivity index (χ3v) is 3.89. The Morgan fingerprint density at radius 2 is 1.96 bits per heavy atom. The van der Waals surface area contributed by atoms with E-state index < -0.39 is 0 Å². The fourth-order valence-electron chi connectivity index (χ4n) is 2.64. The van der Waals surface area contributed by atoms with Gasteiger partial charge in [-0.05, 0) is 48.0 Å². The topological polar surface area (TPSA) is 58.8 Å². The Bertz CT molecular complexity index is 1000. The standard InChI is InChI=1S/C12H11FN2.C6H4N2O/c1-14-12-11(3-2-8-15-12)9-4-6-10(13)7-5-9;1-2-6-5-3-4(1)8(5)7-9-6/h2-8H,1H3,(H,14,15);1-3,7H. The maximum absolute atomic E-state index is 12.8. The Morgan fingerprint density at radius 3 is 2.62 bits per heavy atom. The number of aromatic nitrogens is 3. The molecule has 0 radical (unpaired) electrons. The molecular weight excluding hydrogens is 307 g/mol. The second kappa shape index (κ2) is 5.73. The molecule has 6 rings (SSSR count). The van der Waals surface area contributed by atoms with Gasteiger partial charge in [-0.3, -0.25) is 0 Å². The summed E-state index contributed by atoms with van der Waals surface area (Å²) in [4.78, 5) is 4.19. The van der Waals surface area contributed by atoms with Gasteiger partial charge in [0.05, 0.1) is 5.52 Å².